The molecule has 0 aliphatic carbocycles. The third-order valence-corrected chi connectivity index (χ3v) is 3.29. The van der Waals surface area contributed by atoms with E-state index in [0.717, 1.165) is 22.4 Å². The molecule has 116 valence electrons. The predicted octanol–water partition coefficient (Wildman–Crippen LogP) is 2.15. The van der Waals surface area contributed by atoms with Crippen LogP contribution in [0.25, 0.3) is 0 Å². The first kappa shape index (κ1) is 15.9. The average Bonchev–Trinajstić information content (AvgIpc) is 2.58. The Bertz CT molecular complexity index is 612. The Labute approximate surface area is 130 Å². The maximum Gasteiger partial charge on any atom is 0.315 e. The lowest BCUT2D eigenvalue weighted by molar-refractivity contribution is 0.240. The number of hydrogen-bond donors (Lipinski definition) is 3. The summed E-state index contributed by atoms with van der Waals surface area (Å²) in [4.78, 5) is 11.8. The average molecular weight is 299 g/mol. The van der Waals surface area contributed by atoms with Gasteiger partial charge in [0, 0.05) is 19.6 Å². The largest absolute Gasteiger partial charge is 0.497 e. The molecule has 0 aromatic heterocycles. The zero-order valence-corrected chi connectivity index (χ0v) is 12.6. The van der Waals surface area contributed by atoms with Gasteiger partial charge < -0.3 is 21.1 Å². The predicted molar refractivity (Wildman–Crippen MR) is 86.4 cm³/mol. The quantitative estimate of drug-likeness (QED) is 0.765. The lowest BCUT2D eigenvalue weighted by Crippen LogP contribution is -2.34. The summed E-state index contributed by atoms with van der Waals surface area (Å²) in [6.45, 7) is 1.44. The molecule has 5 heteroatoms. The van der Waals surface area contributed by atoms with Crippen molar-refractivity contribution in [2.45, 2.75) is 19.6 Å². The van der Waals surface area contributed by atoms with E-state index in [-0.39, 0.29) is 6.03 Å². The molecule has 0 unspecified atom stereocenters. The number of methoxy groups -OCH3 is 1. The van der Waals surface area contributed by atoms with E-state index in [9.17, 15) is 4.79 Å². The van der Waals surface area contributed by atoms with E-state index >= 15 is 0 Å². The molecule has 0 fully saturated rings. The number of carbonyl (C=O) groups is 1. The summed E-state index contributed by atoms with van der Waals surface area (Å²) in [5.74, 6) is 0.799. The van der Waals surface area contributed by atoms with Crippen LogP contribution in [0, 0.1) is 0 Å². The monoisotopic (exact) mass is 299 g/mol. The molecule has 2 amide bonds. The summed E-state index contributed by atoms with van der Waals surface area (Å²) >= 11 is 0. The molecule has 0 saturated carbocycles. The van der Waals surface area contributed by atoms with Gasteiger partial charge in [0.05, 0.1) is 7.11 Å². The second-order valence-electron chi connectivity index (χ2n) is 4.91. The van der Waals surface area contributed by atoms with Crippen LogP contribution >= 0.6 is 0 Å². The topological polar surface area (TPSA) is 76.4 Å². The Morgan fingerprint density at radius 3 is 2.27 bits per heavy atom. The summed E-state index contributed by atoms with van der Waals surface area (Å²) in [5, 5.41) is 5.65. The summed E-state index contributed by atoms with van der Waals surface area (Å²) < 4.78 is 5.09. The van der Waals surface area contributed by atoms with Gasteiger partial charge in [0.1, 0.15) is 5.75 Å². The van der Waals surface area contributed by atoms with Crippen LogP contribution in [-0.2, 0) is 19.6 Å². The number of amides is 2. The summed E-state index contributed by atoms with van der Waals surface area (Å²) in [5.41, 5.74) is 8.70. The van der Waals surface area contributed by atoms with Crippen LogP contribution in [0.4, 0.5) is 4.79 Å². The fourth-order valence-corrected chi connectivity index (χ4v) is 2.04. The minimum Gasteiger partial charge on any atom is -0.497 e. The standard InChI is InChI=1S/C17H21N3O2/c1-22-16-7-5-13(6-8-16)11-19-17(21)20-12-15-4-2-3-14(9-15)10-18/h2-9H,10-12,18H2,1H3,(H2,19,20,21). The van der Waals surface area contributed by atoms with Crippen LogP contribution in [-0.4, -0.2) is 13.1 Å². The van der Waals surface area contributed by atoms with E-state index in [2.05, 4.69) is 10.6 Å². The maximum absolute atomic E-state index is 11.8. The SMILES string of the molecule is COc1ccc(CNC(=O)NCc2cccc(CN)c2)cc1. The van der Waals surface area contributed by atoms with Crippen LogP contribution < -0.4 is 21.1 Å². The highest BCUT2D eigenvalue weighted by Gasteiger charge is 2.02. The number of nitrogens with two attached hydrogens (primary N) is 1. The highest BCUT2D eigenvalue weighted by atomic mass is 16.5. The van der Waals surface area contributed by atoms with Gasteiger partial charge in [-0.3, -0.25) is 0 Å². The number of nitrogens with one attached hydrogen (secondary N) is 2. The molecule has 0 radical (unpaired) electrons. The molecule has 0 aliphatic heterocycles. The fourth-order valence-electron chi connectivity index (χ4n) is 2.04. The van der Waals surface area contributed by atoms with Gasteiger partial charge in [0.15, 0.2) is 0 Å². The van der Waals surface area contributed by atoms with Crippen molar-refractivity contribution >= 4 is 6.03 Å². The zero-order chi connectivity index (χ0) is 15.8. The first-order valence-electron chi connectivity index (χ1n) is 7.14. The molecule has 0 saturated heterocycles. The van der Waals surface area contributed by atoms with Crippen molar-refractivity contribution < 1.29 is 9.53 Å². The molecular weight excluding hydrogens is 278 g/mol. The number of carbonyl (C=O) groups excluding carboxylic acids is 1. The number of ether oxygens (including phenoxy) is 1. The van der Waals surface area contributed by atoms with E-state index in [1.165, 1.54) is 0 Å². The van der Waals surface area contributed by atoms with Crippen LogP contribution in [0.2, 0.25) is 0 Å². The molecule has 2 aromatic carbocycles. The minimum atomic E-state index is -0.200. The molecule has 0 bridgehead atoms. The summed E-state index contributed by atoms with van der Waals surface area (Å²) in [6.07, 6.45) is 0. The molecule has 0 aliphatic rings. The molecule has 2 rings (SSSR count). The van der Waals surface area contributed by atoms with Crippen molar-refractivity contribution in [2.75, 3.05) is 7.11 Å². The van der Waals surface area contributed by atoms with E-state index in [1.54, 1.807) is 7.11 Å². The first-order chi connectivity index (χ1) is 10.7. The Hall–Kier alpha value is -2.53. The maximum atomic E-state index is 11.8. The molecule has 0 heterocycles. The van der Waals surface area contributed by atoms with Gasteiger partial charge >= 0.3 is 6.03 Å². The first-order valence-corrected chi connectivity index (χ1v) is 7.14. The van der Waals surface area contributed by atoms with Gasteiger partial charge in [0.25, 0.3) is 0 Å². The van der Waals surface area contributed by atoms with Crippen LogP contribution in [0.5, 0.6) is 5.75 Å². The smallest absolute Gasteiger partial charge is 0.315 e. The van der Waals surface area contributed by atoms with Gasteiger partial charge in [-0.2, -0.15) is 0 Å². The zero-order valence-electron chi connectivity index (χ0n) is 12.6. The highest BCUT2D eigenvalue weighted by molar-refractivity contribution is 5.73. The third-order valence-electron chi connectivity index (χ3n) is 3.29. The van der Waals surface area contributed by atoms with Gasteiger partial charge in [-0.1, -0.05) is 36.4 Å². The Kier molecular flexibility index (Phi) is 5.80. The van der Waals surface area contributed by atoms with Gasteiger partial charge in [-0.15, -0.1) is 0 Å². The van der Waals surface area contributed by atoms with Crippen molar-refractivity contribution in [3.8, 4) is 5.75 Å². The van der Waals surface area contributed by atoms with E-state index in [1.807, 2.05) is 48.5 Å². The number of hydrogen-bond acceptors (Lipinski definition) is 3. The lowest BCUT2D eigenvalue weighted by atomic mass is 10.1. The fraction of sp³-hybridized carbons (Fsp3) is 0.235. The normalized spacial score (nSPS) is 10.1. The van der Waals surface area contributed by atoms with Crippen LogP contribution in [0.3, 0.4) is 0 Å². The Balaban J connectivity index is 1.77. The third kappa shape index (κ3) is 4.79. The van der Waals surface area contributed by atoms with Gasteiger partial charge in [0.2, 0.25) is 0 Å². The molecule has 4 N–H and O–H groups in total. The summed E-state index contributed by atoms with van der Waals surface area (Å²) in [6, 6.07) is 15.2. The molecular formula is C17H21N3O2. The minimum absolute atomic E-state index is 0.200. The number of benzene rings is 2. The molecule has 5 nitrogen and oxygen atoms in total. The van der Waals surface area contributed by atoms with E-state index in [4.69, 9.17) is 10.5 Å². The van der Waals surface area contributed by atoms with Crippen molar-refractivity contribution in [1.82, 2.24) is 10.6 Å². The Morgan fingerprint density at radius 2 is 1.64 bits per heavy atom. The summed E-state index contributed by atoms with van der Waals surface area (Å²) in [7, 11) is 1.63. The van der Waals surface area contributed by atoms with Crippen LogP contribution in [0.15, 0.2) is 48.5 Å². The van der Waals surface area contributed by atoms with Gasteiger partial charge in [-0.05, 0) is 28.8 Å². The van der Waals surface area contributed by atoms with Gasteiger partial charge in [-0.25, -0.2) is 4.79 Å². The van der Waals surface area contributed by atoms with Crippen molar-refractivity contribution in [3.05, 3.63) is 65.2 Å². The van der Waals surface area contributed by atoms with Crippen molar-refractivity contribution in [2.24, 2.45) is 5.73 Å². The van der Waals surface area contributed by atoms with Crippen LogP contribution in [0.1, 0.15) is 16.7 Å². The second kappa shape index (κ2) is 8.05. The number of rotatable bonds is 6. The lowest BCUT2D eigenvalue weighted by Gasteiger charge is -2.09. The molecule has 0 spiro atoms. The highest BCUT2D eigenvalue weighted by Crippen LogP contribution is 2.10. The van der Waals surface area contributed by atoms with Crippen molar-refractivity contribution in [1.29, 1.82) is 0 Å². The molecule has 2 aromatic rings. The van der Waals surface area contributed by atoms with E-state index < -0.39 is 0 Å². The number of urea groups is 1. The van der Waals surface area contributed by atoms with E-state index in [0.29, 0.717) is 19.6 Å². The molecule has 22 heavy (non-hydrogen) atoms. The second-order valence-corrected chi connectivity index (χ2v) is 4.91. The molecule has 0 atom stereocenters. The Morgan fingerprint density at radius 1 is 1.00 bits per heavy atom. The van der Waals surface area contributed by atoms with Crippen molar-refractivity contribution in [3.63, 3.8) is 0 Å².